The van der Waals surface area contributed by atoms with E-state index in [1.165, 1.54) is 18.2 Å². The molecule has 0 aliphatic heterocycles. The van der Waals surface area contributed by atoms with Crippen LogP contribution in [-0.4, -0.2) is 62.4 Å². The Kier molecular flexibility index (Phi) is 8.57. The van der Waals surface area contributed by atoms with E-state index in [1.807, 2.05) is 0 Å². The molecule has 2 N–H and O–H groups in total. The van der Waals surface area contributed by atoms with E-state index in [-0.39, 0.29) is 23.4 Å². The molecule has 1 saturated carbocycles. The summed E-state index contributed by atoms with van der Waals surface area (Å²) < 4.78 is 20.9. The van der Waals surface area contributed by atoms with E-state index >= 15 is 0 Å². The second-order valence-corrected chi connectivity index (χ2v) is 8.70. The summed E-state index contributed by atoms with van der Waals surface area (Å²) in [6.45, 7) is 0.524. The van der Waals surface area contributed by atoms with E-state index in [2.05, 4.69) is 31.0 Å². The number of hydroxylamine groups is 1. The molecule has 0 saturated heterocycles. The topological polar surface area (TPSA) is 122 Å². The first-order valence-electron chi connectivity index (χ1n) is 11.1. The van der Waals surface area contributed by atoms with Gasteiger partial charge in [0.25, 0.3) is 0 Å². The Labute approximate surface area is 216 Å². The van der Waals surface area contributed by atoms with Crippen molar-refractivity contribution in [2.75, 3.05) is 13.7 Å². The fraction of sp³-hybridized carbons (Fsp3) is 0.304. The van der Waals surface area contributed by atoms with Gasteiger partial charge in [-0.15, -0.1) is 5.10 Å². The van der Waals surface area contributed by atoms with Gasteiger partial charge in [-0.3, -0.25) is 20.7 Å². The molecule has 0 radical (unpaired) electrons. The van der Waals surface area contributed by atoms with E-state index in [0.717, 1.165) is 12.8 Å². The largest absolute Gasteiger partial charge is 0.493 e. The summed E-state index contributed by atoms with van der Waals surface area (Å²) >= 11 is 11.8. The summed E-state index contributed by atoms with van der Waals surface area (Å²) in [5.41, 5.74) is 3.26. The molecule has 1 aromatic heterocycles. The fourth-order valence-electron chi connectivity index (χ4n) is 3.18. The average molecular weight is 533 g/mol. The number of nitrogens with one attached hydrogen (secondary N) is 1. The number of halogens is 3. The highest BCUT2D eigenvalue weighted by molar-refractivity contribution is 6.68. The zero-order valence-corrected chi connectivity index (χ0v) is 20.8. The van der Waals surface area contributed by atoms with Crippen LogP contribution < -0.4 is 10.2 Å². The van der Waals surface area contributed by atoms with Crippen molar-refractivity contribution >= 4 is 46.1 Å². The van der Waals surface area contributed by atoms with Crippen molar-refractivity contribution in [2.45, 2.75) is 31.8 Å². The molecule has 36 heavy (non-hydrogen) atoms. The van der Waals surface area contributed by atoms with Crippen LogP contribution in [0.25, 0.3) is 0 Å². The second kappa shape index (κ2) is 12.0. The molecular formula is C23H23Cl2FN8O2. The van der Waals surface area contributed by atoms with Crippen LogP contribution in [0.5, 0.6) is 5.75 Å². The summed E-state index contributed by atoms with van der Waals surface area (Å²) in [4.78, 5) is 13.4. The van der Waals surface area contributed by atoms with Gasteiger partial charge < -0.3 is 4.74 Å². The Balaban J connectivity index is 1.52. The van der Waals surface area contributed by atoms with Crippen molar-refractivity contribution in [3.63, 3.8) is 0 Å². The summed E-state index contributed by atoms with van der Waals surface area (Å²) in [5.74, 6) is 0.745. The minimum absolute atomic E-state index is 0.0471. The van der Waals surface area contributed by atoms with Crippen LogP contribution in [0.3, 0.4) is 0 Å². The quantitative estimate of drug-likeness (QED) is 0.230. The normalized spacial score (nSPS) is 14.8. The Morgan fingerprint density at radius 2 is 2.00 bits per heavy atom. The molecule has 1 heterocycles. The van der Waals surface area contributed by atoms with Gasteiger partial charge >= 0.3 is 0 Å². The third kappa shape index (κ3) is 6.84. The lowest BCUT2D eigenvalue weighted by atomic mass is 10.2. The lowest BCUT2D eigenvalue weighted by Crippen LogP contribution is -2.37. The molecule has 10 nitrogen and oxygen atoms in total. The van der Waals surface area contributed by atoms with Gasteiger partial charge in [0.05, 0.1) is 35.6 Å². The number of nitrogens with zero attached hydrogens (tertiary/aromatic N) is 7. The van der Waals surface area contributed by atoms with Crippen LogP contribution >= 0.6 is 23.2 Å². The Morgan fingerprint density at radius 1 is 1.22 bits per heavy atom. The van der Waals surface area contributed by atoms with Crippen molar-refractivity contribution in [1.29, 1.82) is 0 Å². The first-order chi connectivity index (χ1) is 17.5. The highest BCUT2D eigenvalue weighted by Crippen LogP contribution is 2.25. The van der Waals surface area contributed by atoms with E-state index in [0.29, 0.717) is 46.7 Å². The molecule has 3 aromatic rings. The van der Waals surface area contributed by atoms with Gasteiger partial charge in [-0.2, -0.15) is 0 Å². The lowest BCUT2D eigenvalue weighted by Gasteiger charge is -2.13. The van der Waals surface area contributed by atoms with Crippen LogP contribution in [0.4, 0.5) is 10.1 Å². The molecular weight excluding hydrogens is 510 g/mol. The number of aromatic nitrogens is 4. The van der Waals surface area contributed by atoms with Gasteiger partial charge in [0.1, 0.15) is 17.3 Å². The summed E-state index contributed by atoms with van der Waals surface area (Å²) in [6.07, 6.45) is 2.27. The third-order valence-electron chi connectivity index (χ3n) is 5.19. The van der Waals surface area contributed by atoms with E-state index in [9.17, 15) is 9.60 Å². The van der Waals surface area contributed by atoms with Gasteiger partial charge in [0.2, 0.25) is 0 Å². The van der Waals surface area contributed by atoms with E-state index < -0.39 is 5.82 Å². The number of hydrogen-bond donors (Lipinski definition) is 2. The molecule has 4 rings (SSSR count). The van der Waals surface area contributed by atoms with Gasteiger partial charge in [-0.1, -0.05) is 23.2 Å². The van der Waals surface area contributed by atoms with Crippen molar-refractivity contribution in [1.82, 2.24) is 25.7 Å². The lowest BCUT2D eigenvalue weighted by molar-refractivity contribution is 0.237. The summed E-state index contributed by atoms with van der Waals surface area (Å²) in [6, 6.07) is 11.1. The maximum atomic E-state index is 13.6. The Bertz CT molecular complexity index is 1290. The average Bonchev–Trinajstić information content (AvgIpc) is 3.60. The zero-order valence-electron chi connectivity index (χ0n) is 19.3. The van der Waals surface area contributed by atoms with Gasteiger partial charge in [0, 0.05) is 18.5 Å². The van der Waals surface area contributed by atoms with E-state index in [1.54, 1.807) is 36.0 Å². The van der Waals surface area contributed by atoms with Crippen LogP contribution in [0.2, 0.25) is 10.0 Å². The first kappa shape index (κ1) is 25.7. The number of rotatable bonds is 10. The smallest absolute Gasteiger partial charge is 0.177 e. The summed E-state index contributed by atoms with van der Waals surface area (Å²) in [7, 11) is 1.61. The first-order valence-corrected chi connectivity index (χ1v) is 11.8. The molecule has 2 aromatic carbocycles. The van der Waals surface area contributed by atoms with Crippen molar-refractivity contribution < 1.29 is 14.3 Å². The maximum absolute atomic E-state index is 13.6. The van der Waals surface area contributed by atoms with Gasteiger partial charge in [0.15, 0.2) is 11.7 Å². The molecule has 0 amide bonds. The number of ether oxygens (including phenoxy) is 1. The van der Waals surface area contributed by atoms with Crippen LogP contribution in [0.1, 0.15) is 18.7 Å². The summed E-state index contributed by atoms with van der Waals surface area (Å²) in [5, 5.41) is 22.4. The molecule has 0 atom stereocenters. The number of aliphatic imine (C=N–C) groups is 3. The van der Waals surface area contributed by atoms with Crippen LogP contribution in [-0.2, 0) is 13.0 Å². The molecule has 0 spiro atoms. The van der Waals surface area contributed by atoms with Crippen LogP contribution in [0.15, 0.2) is 57.4 Å². The highest BCUT2D eigenvalue weighted by atomic mass is 35.5. The number of tetrazole rings is 1. The van der Waals surface area contributed by atoms with Gasteiger partial charge in [-0.05, 0) is 65.7 Å². The van der Waals surface area contributed by atoms with E-state index in [4.69, 9.17) is 32.9 Å². The number of benzene rings is 2. The SMILES string of the molecule is CN=C(Cn1nnnc1CCOc1ccc(Cl)cc1)C(=NC1CC1)C(=Nc1ccc(F)c(Cl)c1)NO. The Morgan fingerprint density at radius 3 is 2.67 bits per heavy atom. The molecule has 0 unspecified atom stereocenters. The third-order valence-corrected chi connectivity index (χ3v) is 5.73. The zero-order chi connectivity index (χ0) is 25.5. The Hall–Kier alpha value is -3.41. The minimum atomic E-state index is -0.567. The fourth-order valence-corrected chi connectivity index (χ4v) is 3.48. The molecule has 0 bridgehead atoms. The molecule has 1 aliphatic rings. The predicted octanol–water partition coefficient (Wildman–Crippen LogP) is 4.12. The van der Waals surface area contributed by atoms with Crippen molar-refractivity contribution in [2.24, 2.45) is 15.0 Å². The monoisotopic (exact) mass is 532 g/mol. The van der Waals surface area contributed by atoms with Crippen molar-refractivity contribution in [3.05, 3.63) is 64.2 Å². The second-order valence-electron chi connectivity index (χ2n) is 7.85. The molecule has 13 heteroatoms. The van der Waals surface area contributed by atoms with Gasteiger partial charge in [-0.25, -0.2) is 14.1 Å². The predicted molar refractivity (Wildman–Crippen MR) is 136 cm³/mol. The molecule has 1 fully saturated rings. The number of amidine groups is 1. The van der Waals surface area contributed by atoms with Crippen molar-refractivity contribution in [3.8, 4) is 5.75 Å². The molecule has 1 aliphatic carbocycles. The standard InChI is InChI=1S/C23H23Cl2FN8O2/c1-27-20(13-34-21(30-32-33-34)10-11-36-17-7-2-14(24)3-8-17)22(28-15-4-5-15)23(31-35)29-16-6-9-19(26)18(25)12-16/h2-3,6-9,12,15,35H,4-5,10-11,13H2,1H3,(H,29,31). The molecule has 188 valence electrons. The maximum Gasteiger partial charge on any atom is 0.177 e. The minimum Gasteiger partial charge on any atom is -0.493 e. The number of hydrogen-bond acceptors (Lipinski definition) is 8. The van der Waals surface area contributed by atoms with Crippen LogP contribution in [0, 0.1) is 5.82 Å². The highest BCUT2D eigenvalue weighted by Gasteiger charge is 2.26.